The Morgan fingerprint density at radius 1 is 1.10 bits per heavy atom. The van der Waals surface area contributed by atoms with Crippen LogP contribution in [0, 0.1) is 16.7 Å². The predicted octanol–water partition coefficient (Wildman–Crippen LogP) is 5.43. The maximum absolute atomic E-state index is 14.8. The fourth-order valence-electron chi connectivity index (χ4n) is 8.21. The molecular formula is C36H37N9O3S. The highest BCUT2D eigenvalue weighted by molar-refractivity contribution is 7.90. The van der Waals surface area contributed by atoms with Gasteiger partial charge in [-0.3, -0.25) is 4.90 Å². The molecule has 8 rings (SSSR count). The summed E-state index contributed by atoms with van der Waals surface area (Å²) in [6.45, 7) is 1.91. The van der Waals surface area contributed by atoms with Crippen LogP contribution >= 0.6 is 0 Å². The lowest BCUT2D eigenvalue weighted by Gasteiger charge is -2.53. The van der Waals surface area contributed by atoms with E-state index in [2.05, 4.69) is 26.5 Å². The molecule has 12 nitrogen and oxygen atoms in total. The van der Waals surface area contributed by atoms with E-state index in [1.54, 1.807) is 56.8 Å². The van der Waals surface area contributed by atoms with Gasteiger partial charge in [-0.15, -0.1) is 0 Å². The number of rotatable bonds is 8. The smallest absolute Gasteiger partial charge is 0.270 e. The maximum atomic E-state index is 14.8. The number of likely N-dealkylation sites (tertiary alicyclic amines) is 1. The topological polar surface area (TPSA) is 155 Å². The molecule has 2 aromatic carbocycles. The lowest BCUT2D eigenvalue weighted by Crippen LogP contribution is -2.58. The van der Waals surface area contributed by atoms with Crippen molar-refractivity contribution in [3.05, 3.63) is 77.6 Å². The zero-order chi connectivity index (χ0) is 34.0. The van der Waals surface area contributed by atoms with E-state index in [9.17, 15) is 13.7 Å². The van der Waals surface area contributed by atoms with Crippen LogP contribution in [0.5, 0.6) is 0 Å². The van der Waals surface area contributed by atoms with E-state index in [1.807, 2.05) is 18.2 Å². The molecular weight excluding hydrogens is 639 g/mol. The third-order valence-corrected chi connectivity index (χ3v) is 12.5. The summed E-state index contributed by atoms with van der Waals surface area (Å²) in [5, 5.41) is 30.7. The van der Waals surface area contributed by atoms with Crippen LogP contribution in [0.15, 0.2) is 65.8 Å². The van der Waals surface area contributed by atoms with Crippen molar-refractivity contribution < 1.29 is 13.2 Å². The lowest BCUT2D eigenvalue weighted by molar-refractivity contribution is -0.106. The third-order valence-electron chi connectivity index (χ3n) is 10.8. The van der Waals surface area contributed by atoms with Crippen LogP contribution in [-0.4, -0.2) is 69.2 Å². The molecule has 1 spiro atoms. The van der Waals surface area contributed by atoms with Crippen LogP contribution in [0.4, 0.5) is 5.69 Å². The fourth-order valence-corrected chi connectivity index (χ4v) is 9.72. The molecule has 2 N–H and O–H groups in total. The fraction of sp³-hybridized carbons (Fsp3) is 0.361. The van der Waals surface area contributed by atoms with Gasteiger partial charge in [0, 0.05) is 78.5 Å². The molecule has 13 heteroatoms. The van der Waals surface area contributed by atoms with Gasteiger partial charge < -0.3 is 15.5 Å². The quantitative estimate of drug-likeness (QED) is 0.205. The Balaban J connectivity index is 1.43. The molecule has 1 aliphatic carbocycles. The average Bonchev–Trinajstić information content (AvgIpc) is 3.80. The number of nitrogens with zero attached hydrogens (tertiary/aromatic N) is 7. The number of piperidine rings is 1. The molecule has 0 bridgehead atoms. The van der Waals surface area contributed by atoms with Crippen LogP contribution in [0.1, 0.15) is 55.2 Å². The number of anilines is 1. The first kappa shape index (κ1) is 31.4. The minimum absolute atomic E-state index is 0.0685. The molecule has 5 aromatic rings. The second kappa shape index (κ2) is 11.6. The summed E-state index contributed by atoms with van der Waals surface area (Å²) in [5.41, 5.74) is 4.97. The Labute approximate surface area is 284 Å². The monoisotopic (exact) mass is 675 g/mol. The molecule has 250 valence electrons. The number of nitrogens with one attached hydrogen (secondary N) is 2. The third kappa shape index (κ3) is 4.73. The molecule has 2 fully saturated rings. The van der Waals surface area contributed by atoms with Crippen LogP contribution in [0.25, 0.3) is 33.5 Å². The van der Waals surface area contributed by atoms with Gasteiger partial charge in [-0.25, -0.2) is 17.4 Å². The van der Waals surface area contributed by atoms with E-state index < -0.39 is 15.6 Å². The van der Waals surface area contributed by atoms with Gasteiger partial charge in [0.15, 0.2) is 5.65 Å². The molecule has 49 heavy (non-hydrogen) atoms. The van der Waals surface area contributed by atoms with Crippen LogP contribution in [-0.2, 0) is 34.0 Å². The highest BCUT2D eigenvalue weighted by Crippen LogP contribution is 2.54. The van der Waals surface area contributed by atoms with Crippen LogP contribution < -0.4 is 5.32 Å². The van der Waals surface area contributed by atoms with Gasteiger partial charge in [-0.2, -0.15) is 20.3 Å². The van der Waals surface area contributed by atoms with Crippen LogP contribution in [0.2, 0.25) is 0 Å². The summed E-state index contributed by atoms with van der Waals surface area (Å²) in [6.07, 6.45) is 9.75. The summed E-state index contributed by atoms with van der Waals surface area (Å²) in [6, 6.07) is 16.5. The van der Waals surface area contributed by atoms with Crippen molar-refractivity contribution in [2.45, 2.75) is 61.2 Å². The van der Waals surface area contributed by atoms with Crippen molar-refractivity contribution in [3.63, 3.8) is 0 Å². The number of ether oxygens (including phenoxy) is 1. The molecule has 3 aromatic heterocycles. The Bertz CT molecular complexity index is 2260. The second-order valence-corrected chi connectivity index (χ2v) is 15.0. The first-order chi connectivity index (χ1) is 23.7. The number of aryl methyl sites for hydroxylation is 1. The molecule has 0 radical (unpaired) electrons. The average molecular weight is 676 g/mol. The van der Waals surface area contributed by atoms with Crippen LogP contribution in [0.3, 0.4) is 0 Å². The number of hydrogen-bond donors (Lipinski definition) is 2. The summed E-state index contributed by atoms with van der Waals surface area (Å²) in [5.74, 6) is 0. The number of fused-ring (bicyclic) bond motifs is 4. The second-order valence-electron chi connectivity index (χ2n) is 13.3. The van der Waals surface area contributed by atoms with E-state index >= 15 is 0 Å². The van der Waals surface area contributed by atoms with Gasteiger partial charge in [0.05, 0.1) is 41.5 Å². The van der Waals surface area contributed by atoms with Crippen molar-refractivity contribution in [1.82, 2.24) is 28.9 Å². The van der Waals surface area contributed by atoms with Gasteiger partial charge in [-0.05, 0) is 61.9 Å². The minimum atomic E-state index is -4.20. The lowest BCUT2D eigenvalue weighted by atomic mass is 9.71. The highest BCUT2D eigenvalue weighted by Gasteiger charge is 2.50. The summed E-state index contributed by atoms with van der Waals surface area (Å²) < 4.78 is 37.7. The van der Waals surface area contributed by atoms with Gasteiger partial charge in [0.2, 0.25) is 0 Å². The maximum Gasteiger partial charge on any atom is 0.270 e. The van der Waals surface area contributed by atoms with E-state index in [4.69, 9.17) is 15.1 Å². The largest absolute Gasteiger partial charge is 0.388 e. The van der Waals surface area contributed by atoms with Gasteiger partial charge >= 0.3 is 0 Å². The van der Waals surface area contributed by atoms with Crippen molar-refractivity contribution >= 4 is 33.0 Å². The number of hydrogen-bond acceptors (Lipinski definition) is 10. The van der Waals surface area contributed by atoms with E-state index in [1.165, 1.54) is 15.0 Å². The number of aromatic nitrogens is 5. The Hall–Kier alpha value is -4.90. The standard InChI is InChI=1S/C36H37N9O3S/c1-39-28-10-9-24(19-25(28)20-38)30-31-32-26(23-48-36(32)14-17-44(18-15-36)35(13-16-37)11-6-12-35)21-40-34(31)45(33(30)29-22-41-43(2)42-29)49(46,47)27-7-4-3-5-8-27/h3-5,7-10,19-22,38-39H,6,11-15,17-18,23H2,1-2H3. The predicted molar refractivity (Wildman–Crippen MR) is 186 cm³/mol. The highest BCUT2D eigenvalue weighted by atomic mass is 32.2. The molecule has 2 aliphatic heterocycles. The van der Waals surface area contributed by atoms with Crippen molar-refractivity contribution in [3.8, 4) is 28.6 Å². The van der Waals surface area contributed by atoms with Crippen molar-refractivity contribution in [2.75, 3.05) is 25.5 Å². The number of pyridine rings is 1. The van der Waals surface area contributed by atoms with Crippen molar-refractivity contribution in [1.29, 1.82) is 10.7 Å². The van der Waals surface area contributed by atoms with E-state index in [-0.39, 0.29) is 10.4 Å². The molecule has 1 saturated carbocycles. The Morgan fingerprint density at radius 2 is 1.88 bits per heavy atom. The van der Waals surface area contributed by atoms with E-state index in [0.717, 1.165) is 54.7 Å². The first-order valence-electron chi connectivity index (χ1n) is 16.6. The molecule has 0 atom stereocenters. The van der Waals surface area contributed by atoms with Gasteiger partial charge in [0.1, 0.15) is 5.69 Å². The molecule has 0 amide bonds. The normalized spacial score (nSPS) is 18.2. The summed E-state index contributed by atoms with van der Waals surface area (Å²) >= 11 is 0. The Morgan fingerprint density at radius 3 is 2.51 bits per heavy atom. The zero-order valence-corrected chi connectivity index (χ0v) is 28.3. The SMILES string of the molecule is CNc1ccc(-c2c(-c3cnn(C)n3)n(S(=O)(=O)c3ccccc3)c3ncc4c(c23)C2(CCN(C3(CC#N)CCC3)CC2)OC4)cc1C=N. The van der Waals surface area contributed by atoms with Crippen molar-refractivity contribution in [2.24, 2.45) is 7.05 Å². The first-order valence-corrected chi connectivity index (χ1v) is 18.0. The number of benzene rings is 2. The molecule has 5 heterocycles. The molecule has 3 aliphatic rings. The van der Waals surface area contributed by atoms with Gasteiger partial charge in [-0.1, -0.05) is 24.3 Å². The van der Waals surface area contributed by atoms with E-state index in [0.29, 0.717) is 59.4 Å². The summed E-state index contributed by atoms with van der Waals surface area (Å²) in [4.78, 5) is 8.90. The van der Waals surface area contributed by atoms with Gasteiger partial charge in [0.25, 0.3) is 10.0 Å². The zero-order valence-electron chi connectivity index (χ0n) is 27.5. The minimum Gasteiger partial charge on any atom is -0.388 e. The molecule has 0 unspecified atom stereocenters. The Kier molecular flexibility index (Phi) is 7.44. The number of nitriles is 1. The summed E-state index contributed by atoms with van der Waals surface area (Å²) in [7, 11) is -0.696. The molecule has 1 saturated heterocycles.